The molecular formula is C15H21N3O. The van der Waals surface area contributed by atoms with Crippen LogP contribution >= 0.6 is 0 Å². The van der Waals surface area contributed by atoms with Gasteiger partial charge in [0.15, 0.2) is 0 Å². The molecule has 0 aliphatic rings. The van der Waals surface area contributed by atoms with Gasteiger partial charge in [-0.25, -0.2) is 0 Å². The normalized spacial score (nSPS) is 12.7. The number of methoxy groups -OCH3 is 1. The quantitative estimate of drug-likeness (QED) is 0.897. The molecule has 1 aromatic heterocycles. The van der Waals surface area contributed by atoms with Crippen LogP contribution in [0.2, 0.25) is 0 Å². The molecule has 0 radical (unpaired) electrons. The molecule has 2 aromatic rings. The van der Waals surface area contributed by atoms with Crippen molar-refractivity contribution in [3.05, 3.63) is 47.3 Å². The Kier molecular flexibility index (Phi) is 4.22. The van der Waals surface area contributed by atoms with Crippen molar-refractivity contribution in [1.29, 1.82) is 0 Å². The minimum absolute atomic E-state index is 0.336. The summed E-state index contributed by atoms with van der Waals surface area (Å²) in [7, 11) is 3.80. The van der Waals surface area contributed by atoms with Crippen LogP contribution in [0.4, 0.5) is 0 Å². The Hall–Kier alpha value is -1.81. The van der Waals surface area contributed by atoms with Crippen LogP contribution in [-0.2, 0) is 6.54 Å². The molecule has 0 spiro atoms. The highest BCUT2D eigenvalue weighted by molar-refractivity contribution is 5.28. The number of nitrogens with one attached hydrogen (secondary N) is 1. The third-order valence-electron chi connectivity index (χ3n) is 3.43. The van der Waals surface area contributed by atoms with E-state index in [0.717, 1.165) is 23.7 Å². The molecule has 0 aliphatic carbocycles. The van der Waals surface area contributed by atoms with Crippen LogP contribution < -0.4 is 4.74 Å². The number of aromatic nitrogens is 2. The van der Waals surface area contributed by atoms with E-state index in [1.54, 1.807) is 7.11 Å². The Morgan fingerprint density at radius 3 is 2.53 bits per heavy atom. The minimum Gasteiger partial charge on any atom is -0.497 e. The number of hydrogen-bond donors (Lipinski definition) is 1. The number of ether oxygens (including phenoxy) is 1. The lowest BCUT2D eigenvalue weighted by molar-refractivity contribution is 0.250. The summed E-state index contributed by atoms with van der Waals surface area (Å²) in [5.41, 5.74) is 3.44. The van der Waals surface area contributed by atoms with Gasteiger partial charge in [0.25, 0.3) is 0 Å². The number of H-pyrrole nitrogens is 1. The van der Waals surface area contributed by atoms with Gasteiger partial charge in [0.2, 0.25) is 0 Å². The SMILES string of the molecule is COc1ccc([C@H](C)N(C)Cc2cc(C)[nH]n2)cc1. The van der Waals surface area contributed by atoms with Crippen LogP contribution in [-0.4, -0.2) is 29.3 Å². The highest BCUT2D eigenvalue weighted by Gasteiger charge is 2.13. The van der Waals surface area contributed by atoms with Crippen molar-refractivity contribution in [3.63, 3.8) is 0 Å². The van der Waals surface area contributed by atoms with Crippen molar-refractivity contribution >= 4 is 0 Å². The summed E-state index contributed by atoms with van der Waals surface area (Å²) < 4.78 is 5.18. The Balaban J connectivity index is 2.03. The molecule has 1 N–H and O–H groups in total. The molecule has 0 bridgehead atoms. The molecule has 4 heteroatoms. The summed E-state index contributed by atoms with van der Waals surface area (Å²) in [6, 6.07) is 10.6. The van der Waals surface area contributed by atoms with E-state index in [2.05, 4.69) is 47.3 Å². The molecule has 19 heavy (non-hydrogen) atoms. The van der Waals surface area contributed by atoms with Crippen molar-refractivity contribution in [3.8, 4) is 5.75 Å². The summed E-state index contributed by atoms with van der Waals surface area (Å²) in [6.07, 6.45) is 0. The predicted molar refractivity (Wildman–Crippen MR) is 76.2 cm³/mol. The molecule has 102 valence electrons. The average Bonchev–Trinajstić information content (AvgIpc) is 2.83. The fourth-order valence-corrected chi connectivity index (χ4v) is 2.08. The highest BCUT2D eigenvalue weighted by Crippen LogP contribution is 2.22. The van der Waals surface area contributed by atoms with Gasteiger partial charge in [0.05, 0.1) is 12.8 Å². The third kappa shape index (κ3) is 3.35. The fraction of sp³-hybridized carbons (Fsp3) is 0.400. The second-order valence-electron chi connectivity index (χ2n) is 4.91. The molecule has 0 saturated heterocycles. The summed E-state index contributed by atoms with van der Waals surface area (Å²) in [4.78, 5) is 2.28. The first-order valence-electron chi connectivity index (χ1n) is 6.45. The van der Waals surface area contributed by atoms with Gasteiger partial charge in [-0.05, 0) is 44.7 Å². The zero-order valence-electron chi connectivity index (χ0n) is 12.0. The van der Waals surface area contributed by atoms with E-state index >= 15 is 0 Å². The Morgan fingerprint density at radius 2 is 2.00 bits per heavy atom. The van der Waals surface area contributed by atoms with Gasteiger partial charge in [0.1, 0.15) is 5.75 Å². The van der Waals surface area contributed by atoms with Crippen LogP contribution in [0.3, 0.4) is 0 Å². The zero-order valence-corrected chi connectivity index (χ0v) is 12.0. The molecule has 1 aromatic carbocycles. The monoisotopic (exact) mass is 259 g/mol. The maximum atomic E-state index is 5.18. The zero-order chi connectivity index (χ0) is 13.8. The molecule has 4 nitrogen and oxygen atoms in total. The number of aryl methyl sites for hydroxylation is 1. The molecular weight excluding hydrogens is 238 g/mol. The number of nitrogens with zero attached hydrogens (tertiary/aromatic N) is 2. The molecule has 0 fully saturated rings. The Morgan fingerprint density at radius 1 is 1.32 bits per heavy atom. The first-order chi connectivity index (χ1) is 9.10. The van der Waals surface area contributed by atoms with E-state index in [-0.39, 0.29) is 0 Å². The fourth-order valence-electron chi connectivity index (χ4n) is 2.08. The number of aromatic amines is 1. The van der Waals surface area contributed by atoms with Crippen molar-refractivity contribution in [2.75, 3.05) is 14.2 Å². The van der Waals surface area contributed by atoms with Gasteiger partial charge in [-0.15, -0.1) is 0 Å². The molecule has 1 heterocycles. The van der Waals surface area contributed by atoms with Gasteiger partial charge in [-0.2, -0.15) is 5.10 Å². The van der Waals surface area contributed by atoms with E-state index in [4.69, 9.17) is 4.74 Å². The number of rotatable bonds is 5. The van der Waals surface area contributed by atoms with Gasteiger partial charge in [0, 0.05) is 18.3 Å². The van der Waals surface area contributed by atoms with Crippen molar-refractivity contribution in [2.45, 2.75) is 26.4 Å². The lowest BCUT2D eigenvalue weighted by Gasteiger charge is -2.24. The third-order valence-corrected chi connectivity index (χ3v) is 3.43. The van der Waals surface area contributed by atoms with E-state index in [9.17, 15) is 0 Å². The van der Waals surface area contributed by atoms with Crippen molar-refractivity contribution in [2.24, 2.45) is 0 Å². The van der Waals surface area contributed by atoms with Crippen molar-refractivity contribution in [1.82, 2.24) is 15.1 Å². The van der Waals surface area contributed by atoms with Crippen LogP contribution in [0.15, 0.2) is 30.3 Å². The van der Waals surface area contributed by atoms with Gasteiger partial charge in [-0.3, -0.25) is 10.00 Å². The molecule has 0 amide bonds. The van der Waals surface area contributed by atoms with Crippen LogP contribution in [0, 0.1) is 6.92 Å². The van der Waals surface area contributed by atoms with E-state index in [1.807, 2.05) is 19.1 Å². The number of hydrogen-bond acceptors (Lipinski definition) is 3. The maximum absolute atomic E-state index is 5.18. The first-order valence-corrected chi connectivity index (χ1v) is 6.45. The Labute approximate surface area is 114 Å². The van der Waals surface area contributed by atoms with Crippen molar-refractivity contribution < 1.29 is 4.74 Å². The second-order valence-corrected chi connectivity index (χ2v) is 4.91. The predicted octanol–water partition coefficient (Wildman–Crippen LogP) is 2.92. The topological polar surface area (TPSA) is 41.1 Å². The highest BCUT2D eigenvalue weighted by atomic mass is 16.5. The van der Waals surface area contributed by atoms with E-state index < -0.39 is 0 Å². The molecule has 2 rings (SSSR count). The van der Waals surface area contributed by atoms with Gasteiger partial charge >= 0.3 is 0 Å². The average molecular weight is 259 g/mol. The molecule has 0 unspecified atom stereocenters. The van der Waals surface area contributed by atoms with Gasteiger partial charge in [-0.1, -0.05) is 12.1 Å². The summed E-state index contributed by atoms with van der Waals surface area (Å²) in [6.45, 7) is 5.04. The number of benzene rings is 1. The lowest BCUT2D eigenvalue weighted by Crippen LogP contribution is -2.22. The van der Waals surface area contributed by atoms with E-state index in [1.165, 1.54) is 5.56 Å². The smallest absolute Gasteiger partial charge is 0.118 e. The minimum atomic E-state index is 0.336. The van der Waals surface area contributed by atoms with E-state index in [0.29, 0.717) is 6.04 Å². The second kappa shape index (κ2) is 5.89. The Bertz CT molecular complexity index is 518. The molecule has 1 atom stereocenters. The summed E-state index contributed by atoms with van der Waals surface area (Å²) in [5, 5.41) is 7.25. The molecule has 0 saturated carbocycles. The van der Waals surface area contributed by atoms with Gasteiger partial charge < -0.3 is 4.74 Å². The van der Waals surface area contributed by atoms with Crippen LogP contribution in [0.5, 0.6) is 5.75 Å². The largest absolute Gasteiger partial charge is 0.497 e. The first kappa shape index (κ1) is 13.6. The van der Waals surface area contributed by atoms with Crippen LogP contribution in [0.25, 0.3) is 0 Å². The maximum Gasteiger partial charge on any atom is 0.118 e. The molecule has 0 aliphatic heterocycles. The summed E-state index contributed by atoms with van der Waals surface area (Å²) in [5.74, 6) is 0.890. The standard InChI is InChI=1S/C15H21N3O/c1-11-9-14(17-16-11)10-18(3)12(2)13-5-7-15(19-4)8-6-13/h5-9,12H,10H2,1-4H3,(H,16,17)/t12-/m0/s1. The van der Waals surface area contributed by atoms with Crippen LogP contribution in [0.1, 0.15) is 29.9 Å². The summed E-state index contributed by atoms with van der Waals surface area (Å²) >= 11 is 0. The lowest BCUT2D eigenvalue weighted by atomic mass is 10.1.